The first-order chi connectivity index (χ1) is 8.96. The van der Waals surface area contributed by atoms with E-state index >= 15 is 0 Å². The fraction of sp³-hybridized carbons (Fsp3) is 0.250. The van der Waals surface area contributed by atoms with Crippen molar-refractivity contribution in [1.29, 1.82) is 0 Å². The lowest BCUT2D eigenvalue weighted by molar-refractivity contribution is 0.0605. The maximum atomic E-state index is 11.5. The van der Waals surface area contributed by atoms with Gasteiger partial charge in [-0.3, -0.25) is 0 Å². The molecule has 0 aliphatic carbocycles. The van der Waals surface area contributed by atoms with Crippen molar-refractivity contribution in [3.05, 3.63) is 48.0 Å². The minimum Gasteiger partial charge on any atom is -0.442 e. The second kappa shape index (κ2) is 5.22. The van der Waals surface area contributed by atoms with Gasteiger partial charge in [0.15, 0.2) is 0 Å². The highest BCUT2D eigenvalue weighted by molar-refractivity contribution is 6.02. The van der Waals surface area contributed by atoms with Gasteiger partial charge in [0.1, 0.15) is 5.60 Å². The molecular formula is C16H17NO2. The predicted molar refractivity (Wildman–Crippen MR) is 77.8 cm³/mol. The van der Waals surface area contributed by atoms with Crippen LogP contribution in [-0.4, -0.2) is 17.9 Å². The number of hydrogen-bond donors (Lipinski definition) is 0. The summed E-state index contributed by atoms with van der Waals surface area (Å²) in [6.07, 6.45) is 0.983. The molecule has 3 nitrogen and oxygen atoms in total. The standard InChI is InChI=1S/C16H17NO2/c1-16(2,3)19-15(18)17-11-13-9-6-8-12-7-4-5-10-14(12)13/h4-11H,1-3H3. The molecule has 0 saturated carbocycles. The Balaban J connectivity index is 2.24. The third-order valence-corrected chi connectivity index (χ3v) is 2.53. The molecule has 0 radical (unpaired) electrons. The van der Waals surface area contributed by atoms with Crippen molar-refractivity contribution in [2.75, 3.05) is 0 Å². The van der Waals surface area contributed by atoms with Crippen molar-refractivity contribution in [3.8, 4) is 0 Å². The summed E-state index contributed by atoms with van der Waals surface area (Å²) in [5, 5.41) is 2.19. The van der Waals surface area contributed by atoms with E-state index in [-0.39, 0.29) is 0 Å². The normalized spacial score (nSPS) is 11.9. The molecule has 0 saturated heterocycles. The summed E-state index contributed by atoms with van der Waals surface area (Å²) in [7, 11) is 0. The summed E-state index contributed by atoms with van der Waals surface area (Å²) >= 11 is 0. The van der Waals surface area contributed by atoms with E-state index in [4.69, 9.17) is 4.74 Å². The lowest BCUT2D eigenvalue weighted by atomic mass is 10.1. The van der Waals surface area contributed by atoms with Crippen LogP contribution in [0, 0.1) is 0 Å². The Labute approximate surface area is 112 Å². The van der Waals surface area contributed by atoms with Crippen LogP contribution in [0.25, 0.3) is 10.8 Å². The van der Waals surface area contributed by atoms with Crippen LogP contribution in [0.1, 0.15) is 26.3 Å². The van der Waals surface area contributed by atoms with Gasteiger partial charge in [0.05, 0.1) is 0 Å². The molecule has 0 aromatic heterocycles. The average Bonchev–Trinajstić information content (AvgIpc) is 2.34. The Morgan fingerprint density at radius 2 is 1.79 bits per heavy atom. The van der Waals surface area contributed by atoms with Crippen molar-refractivity contribution < 1.29 is 9.53 Å². The van der Waals surface area contributed by atoms with E-state index in [0.29, 0.717) is 0 Å². The smallest absolute Gasteiger partial charge is 0.434 e. The predicted octanol–water partition coefficient (Wildman–Crippen LogP) is 4.19. The first kappa shape index (κ1) is 13.3. The second-order valence-electron chi connectivity index (χ2n) is 5.31. The van der Waals surface area contributed by atoms with E-state index in [9.17, 15) is 4.79 Å². The number of carbonyl (C=O) groups is 1. The molecule has 1 amide bonds. The molecule has 0 aliphatic heterocycles. The molecule has 19 heavy (non-hydrogen) atoms. The molecular weight excluding hydrogens is 238 g/mol. The summed E-state index contributed by atoms with van der Waals surface area (Å²) in [6, 6.07) is 13.9. The van der Waals surface area contributed by atoms with E-state index in [0.717, 1.165) is 16.3 Å². The molecule has 0 fully saturated rings. The number of fused-ring (bicyclic) bond motifs is 1. The summed E-state index contributed by atoms with van der Waals surface area (Å²) in [4.78, 5) is 15.4. The van der Waals surface area contributed by atoms with Crippen molar-refractivity contribution in [2.45, 2.75) is 26.4 Å². The third kappa shape index (κ3) is 3.65. The van der Waals surface area contributed by atoms with Crippen LogP contribution < -0.4 is 0 Å². The number of rotatable bonds is 1. The molecule has 2 aromatic rings. The van der Waals surface area contributed by atoms with Gasteiger partial charge in [0.2, 0.25) is 0 Å². The van der Waals surface area contributed by atoms with Crippen molar-refractivity contribution in [3.63, 3.8) is 0 Å². The van der Waals surface area contributed by atoms with Crippen molar-refractivity contribution in [2.24, 2.45) is 4.99 Å². The fourth-order valence-corrected chi connectivity index (χ4v) is 1.77. The number of ether oxygens (including phenoxy) is 1. The Hall–Kier alpha value is -2.16. The summed E-state index contributed by atoms with van der Waals surface area (Å²) in [5.41, 5.74) is 0.386. The van der Waals surface area contributed by atoms with Crippen LogP contribution in [-0.2, 0) is 4.74 Å². The van der Waals surface area contributed by atoms with E-state index < -0.39 is 11.7 Å². The van der Waals surface area contributed by atoms with Crippen LogP contribution >= 0.6 is 0 Å². The number of benzene rings is 2. The summed E-state index contributed by atoms with van der Waals surface area (Å²) in [6.45, 7) is 5.45. The first-order valence-electron chi connectivity index (χ1n) is 6.20. The number of nitrogens with zero attached hydrogens (tertiary/aromatic N) is 1. The molecule has 3 heteroatoms. The minimum absolute atomic E-state index is 0.521. The second-order valence-corrected chi connectivity index (χ2v) is 5.31. The van der Waals surface area contributed by atoms with Gasteiger partial charge in [-0.2, -0.15) is 4.99 Å². The van der Waals surface area contributed by atoms with Crippen molar-refractivity contribution >= 4 is 23.1 Å². The van der Waals surface area contributed by atoms with Gasteiger partial charge in [0, 0.05) is 11.8 Å². The molecule has 2 aromatic carbocycles. The Kier molecular flexibility index (Phi) is 3.65. The SMILES string of the molecule is CC(C)(C)OC(=O)N=Cc1cccc2ccccc12. The largest absolute Gasteiger partial charge is 0.442 e. The first-order valence-corrected chi connectivity index (χ1v) is 6.20. The summed E-state index contributed by atoms with van der Waals surface area (Å²) < 4.78 is 5.13. The van der Waals surface area contributed by atoms with E-state index in [2.05, 4.69) is 4.99 Å². The molecule has 2 rings (SSSR count). The maximum absolute atomic E-state index is 11.5. The molecule has 0 spiro atoms. The number of hydrogen-bond acceptors (Lipinski definition) is 2. The van der Waals surface area contributed by atoms with Crippen LogP contribution in [0.2, 0.25) is 0 Å². The van der Waals surface area contributed by atoms with Crippen LogP contribution in [0.3, 0.4) is 0 Å². The lowest BCUT2D eigenvalue weighted by Crippen LogP contribution is -2.21. The van der Waals surface area contributed by atoms with Crippen LogP contribution in [0.15, 0.2) is 47.5 Å². The van der Waals surface area contributed by atoms with Gasteiger partial charge < -0.3 is 4.74 Å². The van der Waals surface area contributed by atoms with Gasteiger partial charge in [-0.05, 0) is 31.5 Å². The fourth-order valence-electron chi connectivity index (χ4n) is 1.77. The molecule has 0 aliphatic rings. The van der Waals surface area contributed by atoms with Gasteiger partial charge >= 0.3 is 6.09 Å². The van der Waals surface area contributed by atoms with E-state index in [1.54, 1.807) is 6.21 Å². The van der Waals surface area contributed by atoms with Crippen molar-refractivity contribution in [1.82, 2.24) is 0 Å². The molecule has 98 valence electrons. The monoisotopic (exact) mass is 255 g/mol. The Morgan fingerprint density at radius 3 is 2.53 bits per heavy atom. The number of amides is 1. The van der Waals surface area contributed by atoms with Gasteiger partial charge in [-0.1, -0.05) is 42.5 Å². The molecule has 0 atom stereocenters. The maximum Gasteiger partial charge on any atom is 0.434 e. The number of aliphatic imine (C=N–C) groups is 1. The van der Waals surface area contributed by atoms with Crippen LogP contribution in [0.5, 0.6) is 0 Å². The zero-order chi connectivity index (χ0) is 13.9. The Morgan fingerprint density at radius 1 is 1.11 bits per heavy atom. The average molecular weight is 255 g/mol. The molecule has 0 unspecified atom stereocenters. The molecule has 0 N–H and O–H groups in total. The topological polar surface area (TPSA) is 38.7 Å². The zero-order valence-electron chi connectivity index (χ0n) is 11.4. The lowest BCUT2D eigenvalue weighted by Gasteiger charge is -2.17. The molecule has 0 heterocycles. The highest BCUT2D eigenvalue weighted by Crippen LogP contribution is 2.17. The number of carbonyl (C=O) groups excluding carboxylic acids is 1. The highest BCUT2D eigenvalue weighted by Gasteiger charge is 2.14. The van der Waals surface area contributed by atoms with Crippen LogP contribution in [0.4, 0.5) is 4.79 Å². The van der Waals surface area contributed by atoms with Gasteiger partial charge in [-0.25, -0.2) is 4.79 Å². The highest BCUT2D eigenvalue weighted by atomic mass is 16.6. The third-order valence-electron chi connectivity index (χ3n) is 2.53. The quantitative estimate of drug-likeness (QED) is 0.716. The van der Waals surface area contributed by atoms with Gasteiger partial charge in [0.25, 0.3) is 0 Å². The Bertz CT molecular complexity index is 619. The minimum atomic E-state index is -0.569. The summed E-state index contributed by atoms with van der Waals surface area (Å²) in [5.74, 6) is 0. The molecule has 0 bridgehead atoms. The van der Waals surface area contributed by atoms with E-state index in [1.807, 2.05) is 63.2 Å². The van der Waals surface area contributed by atoms with E-state index in [1.165, 1.54) is 0 Å². The van der Waals surface area contributed by atoms with Gasteiger partial charge in [-0.15, -0.1) is 0 Å². The zero-order valence-corrected chi connectivity index (χ0v) is 11.4.